The second-order valence-electron chi connectivity index (χ2n) is 6.00. The van der Waals surface area contributed by atoms with Crippen LogP contribution in [0.5, 0.6) is 0 Å². The zero-order chi connectivity index (χ0) is 18.1. The van der Waals surface area contributed by atoms with Gasteiger partial charge in [-0.2, -0.15) is 4.98 Å². The van der Waals surface area contributed by atoms with Crippen molar-refractivity contribution in [3.05, 3.63) is 80.7 Å². The summed E-state index contributed by atoms with van der Waals surface area (Å²) in [4.78, 5) is 19.6. The summed E-state index contributed by atoms with van der Waals surface area (Å²) in [6.07, 6.45) is 1.71. The predicted molar refractivity (Wildman–Crippen MR) is 106 cm³/mol. The van der Waals surface area contributed by atoms with Crippen LogP contribution in [0.2, 0.25) is 0 Å². The molecule has 0 radical (unpaired) electrons. The van der Waals surface area contributed by atoms with E-state index in [-0.39, 0.29) is 5.56 Å². The van der Waals surface area contributed by atoms with Crippen LogP contribution in [0.15, 0.2) is 64.0 Å². The summed E-state index contributed by atoms with van der Waals surface area (Å²) < 4.78 is 2.69. The van der Waals surface area contributed by atoms with E-state index in [2.05, 4.69) is 36.3 Å². The molecule has 0 aliphatic carbocycles. The van der Waals surface area contributed by atoms with E-state index in [1.807, 2.05) is 55.5 Å². The van der Waals surface area contributed by atoms with Gasteiger partial charge in [-0.15, -0.1) is 5.10 Å². The smallest absolute Gasteiger partial charge is 0.263 e. The van der Waals surface area contributed by atoms with E-state index in [4.69, 9.17) is 0 Å². The lowest BCUT2D eigenvalue weighted by Gasteiger charge is -2.05. The topological polar surface area (TPSA) is 75.6 Å². The summed E-state index contributed by atoms with van der Waals surface area (Å²) in [6.45, 7) is 2.57. The van der Waals surface area contributed by atoms with E-state index in [0.29, 0.717) is 23.5 Å². The molecule has 0 aliphatic rings. The first-order chi connectivity index (χ1) is 12.6. The molecule has 0 unspecified atom stereocenters. The summed E-state index contributed by atoms with van der Waals surface area (Å²) in [7, 11) is 0. The quantitative estimate of drug-likeness (QED) is 0.537. The van der Waals surface area contributed by atoms with Crippen LogP contribution < -0.4 is 10.9 Å². The number of aromatic nitrogens is 4. The van der Waals surface area contributed by atoms with Crippen molar-refractivity contribution in [3.63, 3.8) is 0 Å². The minimum Gasteiger partial charge on any atom is -0.352 e. The second kappa shape index (κ2) is 6.76. The van der Waals surface area contributed by atoms with E-state index >= 15 is 0 Å². The van der Waals surface area contributed by atoms with Crippen molar-refractivity contribution in [3.8, 4) is 5.69 Å². The molecule has 2 N–H and O–H groups in total. The number of nitrogens with zero attached hydrogens (tertiary/aromatic N) is 3. The van der Waals surface area contributed by atoms with Crippen LogP contribution in [0.4, 0.5) is 5.95 Å². The third-order valence-corrected chi connectivity index (χ3v) is 4.59. The molecule has 0 atom stereocenters. The van der Waals surface area contributed by atoms with Crippen LogP contribution in [0, 0.1) is 6.92 Å². The first-order valence-corrected chi connectivity index (χ1v) is 8.93. The van der Waals surface area contributed by atoms with Crippen LogP contribution in [-0.2, 0) is 6.54 Å². The van der Waals surface area contributed by atoms with Gasteiger partial charge in [-0.05, 0) is 36.2 Å². The predicted octanol–water partition coefficient (Wildman–Crippen LogP) is 3.79. The lowest BCUT2D eigenvalue weighted by Crippen LogP contribution is -2.12. The number of halogens is 1. The van der Waals surface area contributed by atoms with E-state index < -0.39 is 0 Å². The SMILES string of the molecule is Cc1cc(Br)ccc1-n1cc2c(=O)[nH]c(NCc3ccccc3)nc2n1. The molecule has 0 saturated heterocycles. The van der Waals surface area contributed by atoms with E-state index in [9.17, 15) is 4.79 Å². The van der Waals surface area contributed by atoms with Gasteiger partial charge < -0.3 is 5.32 Å². The Bertz CT molecular complexity index is 1130. The normalized spacial score (nSPS) is 11.0. The molecule has 130 valence electrons. The number of benzene rings is 2. The number of aryl methyl sites for hydroxylation is 1. The highest BCUT2D eigenvalue weighted by molar-refractivity contribution is 9.10. The van der Waals surface area contributed by atoms with Gasteiger partial charge in [0, 0.05) is 17.2 Å². The molecule has 0 spiro atoms. The monoisotopic (exact) mass is 409 g/mol. The molecular weight excluding hydrogens is 394 g/mol. The average molecular weight is 410 g/mol. The maximum absolute atomic E-state index is 12.4. The summed E-state index contributed by atoms with van der Waals surface area (Å²) in [5, 5.41) is 8.08. The van der Waals surface area contributed by atoms with Crippen molar-refractivity contribution in [2.24, 2.45) is 0 Å². The van der Waals surface area contributed by atoms with E-state index in [1.54, 1.807) is 10.9 Å². The first-order valence-electron chi connectivity index (χ1n) is 8.14. The molecule has 26 heavy (non-hydrogen) atoms. The minimum absolute atomic E-state index is 0.216. The molecule has 6 nitrogen and oxygen atoms in total. The van der Waals surface area contributed by atoms with Crippen molar-refractivity contribution in [2.45, 2.75) is 13.5 Å². The third-order valence-electron chi connectivity index (χ3n) is 4.10. The van der Waals surface area contributed by atoms with Gasteiger partial charge in [-0.1, -0.05) is 46.3 Å². The Morgan fingerprint density at radius 2 is 2.00 bits per heavy atom. The second-order valence-corrected chi connectivity index (χ2v) is 6.91. The lowest BCUT2D eigenvalue weighted by atomic mass is 10.2. The summed E-state index contributed by atoms with van der Waals surface area (Å²) in [6, 6.07) is 15.8. The van der Waals surface area contributed by atoms with Gasteiger partial charge >= 0.3 is 0 Å². The average Bonchev–Trinajstić information content (AvgIpc) is 3.05. The largest absolute Gasteiger partial charge is 0.352 e. The molecule has 0 bridgehead atoms. The van der Waals surface area contributed by atoms with Gasteiger partial charge in [-0.3, -0.25) is 9.78 Å². The molecule has 2 aromatic heterocycles. The van der Waals surface area contributed by atoms with Crippen LogP contribution in [0.3, 0.4) is 0 Å². The summed E-state index contributed by atoms with van der Waals surface area (Å²) >= 11 is 3.46. The maximum Gasteiger partial charge on any atom is 0.263 e. The highest BCUT2D eigenvalue weighted by atomic mass is 79.9. The van der Waals surface area contributed by atoms with Crippen molar-refractivity contribution in [1.82, 2.24) is 19.7 Å². The first kappa shape index (κ1) is 16.5. The van der Waals surface area contributed by atoms with Crippen molar-refractivity contribution < 1.29 is 0 Å². The van der Waals surface area contributed by atoms with Gasteiger partial charge in [0.25, 0.3) is 5.56 Å². The number of anilines is 1. The zero-order valence-corrected chi connectivity index (χ0v) is 15.6. The molecule has 0 amide bonds. The zero-order valence-electron chi connectivity index (χ0n) is 14.0. The third kappa shape index (κ3) is 3.25. The highest BCUT2D eigenvalue weighted by Crippen LogP contribution is 2.20. The Morgan fingerprint density at radius 3 is 2.77 bits per heavy atom. The Labute approximate surface area is 158 Å². The fourth-order valence-electron chi connectivity index (χ4n) is 2.78. The molecule has 0 saturated carbocycles. The molecule has 0 aliphatic heterocycles. The maximum atomic E-state index is 12.4. The van der Waals surface area contributed by atoms with Gasteiger partial charge in [0.15, 0.2) is 5.65 Å². The number of hydrogen-bond donors (Lipinski definition) is 2. The minimum atomic E-state index is -0.216. The number of fused-ring (bicyclic) bond motifs is 1. The summed E-state index contributed by atoms with van der Waals surface area (Å²) in [5.74, 6) is 0.407. The van der Waals surface area contributed by atoms with E-state index in [1.165, 1.54) is 0 Å². The Balaban J connectivity index is 1.68. The molecule has 2 aromatic carbocycles. The number of rotatable bonds is 4. The number of aromatic amines is 1. The van der Waals surface area contributed by atoms with Gasteiger partial charge in [0.2, 0.25) is 5.95 Å². The van der Waals surface area contributed by atoms with Crippen molar-refractivity contribution in [1.29, 1.82) is 0 Å². The fraction of sp³-hybridized carbons (Fsp3) is 0.105. The van der Waals surface area contributed by atoms with Gasteiger partial charge in [0.1, 0.15) is 5.39 Å². The molecule has 0 fully saturated rings. The molecule has 7 heteroatoms. The van der Waals surface area contributed by atoms with Crippen molar-refractivity contribution in [2.75, 3.05) is 5.32 Å². The van der Waals surface area contributed by atoms with Gasteiger partial charge in [-0.25, -0.2) is 4.68 Å². The molecular formula is C19H16BrN5O. The fourth-order valence-corrected chi connectivity index (χ4v) is 3.26. The van der Waals surface area contributed by atoms with Gasteiger partial charge in [0.05, 0.1) is 5.69 Å². The van der Waals surface area contributed by atoms with Crippen LogP contribution in [0.25, 0.3) is 16.7 Å². The van der Waals surface area contributed by atoms with Crippen LogP contribution in [0.1, 0.15) is 11.1 Å². The molecule has 4 aromatic rings. The Kier molecular flexibility index (Phi) is 4.30. The number of H-pyrrole nitrogens is 1. The Morgan fingerprint density at radius 1 is 1.19 bits per heavy atom. The van der Waals surface area contributed by atoms with Crippen LogP contribution in [-0.4, -0.2) is 19.7 Å². The highest BCUT2D eigenvalue weighted by Gasteiger charge is 2.11. The summed E-state index contributed by atoms with van der Waals surface area (Å²) in [5.41, 5.74) is 3.25. The van der Waals surface area contributed by atoms with Crippen LogP contribution >= 0.6 is 15.9 Å². The van der Waals surface area contributed by atoms with E-state index in [0.717, 1.165) is 21.3 Å². The Hall–Kier alpha value is -2.93. The van der Waals surface area contributed by atoms with Crippen molar-refractivity contribution >= 4 is 32.9 Å². The standard InChI is InChI=1S/C19H16BrN5O/c1-12-9-14(20)7-8-16(12)25-11-15-17(24-25)22-19(23-18(15)26)21-10-13-5-3-2-4-6-13/h2-9,11H,10H2,1H3,(H2,21,22,23,24,26). The molecule has 4 rings (SSSR count). The molecule has 2 heterocycles. The lowest BCUT2D eigenvalue weighted by molar-refractivity contribution is 0.880. The number of nitrogens with one attached hydrogen (secondary N) is 2. The number of hydrogen-bond acceptors (Lipinski definition) is 4.